The summed E-state index contributed by atoms with van der Waals surface area (Å²) < 4.78 is 0. The third kappa shape index (κ3) is 3.45. The Kier molecular flexibility index (Phi) is 4.61. The molecule has 1 aromatic rings. The SMILES string of the molecule is CC(C)CC(=O)N1CC[C@]2(C[C@H]2C(=O)N(C)Cc2ccccn2)C1. The van der Waals surface area contributed by atoms with E-state index in [2.05, 4.69) is 18.8 Å². The van der Waals surface area contributed by atoms with Gasteiger partial charge in [0.15, 0.2) is 0 Å². The first-order valence-corrected chi connectivity index (χ1v) is 8.84. The second-order valence-electron chi connectivity index (χ2n) is 7.80. The number of carbonyl (C=O) groups is 2. The fraction of sp³-hybridized carbons (Fsp3) is 0.632. The molecule has 3 rings (SSSR count). The molecule has 24 heavy (non-hydrogen) atoms. The number of hydrogen-bond acceptors (Lipinski definition) is 3. The lowest BCUT2D eigenvalue weighted by Crippen LogP contribution is -2.32. The molecule has 5 heteroatoms. The quantitative estimate of drug-likeness (QED) is 0.833. The van der Waals surface area contributed by atoms with Gasteiger partial charge in [-0.3, -0.25) is 14.6 Å². The van der Waals surface area contributed by atoms with E-state index in [0.29, 0.717) is 18.9 Å². The van der Waals surface area contributed by atoms with E-state index in [1.165, 1.54) is 0 Å². The molecule has 2 fully saturated rings. The van der Waals surface area contributed by atoms with Gasteiger partial charge < -0.3 is 9.80 Å². The highest BCUT2D eigenvalue weighted by molar-refractivity contribution is 5.83. The van der Waals surface area contributed by atoms with Crippen LogP contribution in [0.2, 0.25) is 0 Å². The van der Waals surface area contributed by atoms with Crippen LogP contribution in [0.3, 0.4) is 0 Å². The molecule has 0 N–H and O–H groups in total. The second-order valence-corrected chi connectivity index (χ2v) is 7.80. The molecule has 1 saturated carbocycles. The molecule has 5 nitrogen and oxygen atoms in total. The Bertz CT molecular complexity index is 616. The van der Waals surface area contributed by atoms with Gasteiger partial charge in [-0.2, -0.15) is 0 Å². The number of carbonyl (C=O) groups excluding carboxylic acids is 2. The molecule has 2 atom stereocenters. The minimum Gasteiger partial charge on any atom is -0.342 e. The molecule has 0 aromatic carbocycles. The highest BCUT2D eigenvalue weighted by Crippen LogP contribution is 2.59. The molecule has 1 aromatic heterocycles. The zero-order chi connectivity index (χ0) is 17.3. The molecule has 1 saturated heterocycles. The standard InChI is InChI=1S/C19H27N3O2/c1-14(2)10-17(23)22-9-7-19(13-22)11-16(19)18(24)21(3)12-15-6-4-5-8-20-15/h4-6,8,14,16H,7,9-13H2,1-3H3/t16-,19-/m0/s1. The molecule has 130 valence electrons. The van der Waals surface area contributed by atoms with Crippen molar-refractivity contribution in [3.63, 3.8) is 0 Å². The van der Waals surface area contributed by atoms with Crippen LogP contribution in [0.5, 0.6) is 0 Å². The van der Waals surface area contributed by atoms with Crippen molar-refractivity contribution in [1.29, 1.82) is 0 Å². The van der Waals surface area contributed by atoms with Crippen molar-refractivity contribution in [3.8, 4) is 0 Å². The van der Waals surface area contributed by atoms with Gasteiger partial charge in [0.2, 0.25) is 11.8 Å². The van der Waals surface area contributed by atoms with Gasteiger partial charge in [-0.15, -0.1) is 0 Å². The number of hydrogen-bond donors (Lipinski definition) is 0. The van der Waals surface area contributed by atoms with Gasteiger partial charge >= 0.3 is 0 Å². The highest BCUT2D eigenvalue weighted by Gasteiger charge is 2.61. The summed E-state index contributed by atoms with van der Waals surface area (Å²) in [7, 11) is 1.85. The summed E-state index contributed by atoms with van der Waals surface area (Å²) in [4.78, 5) is 33.0. The number of pyridine rings is 1. The fourth-order valence-electron chi connectivity index (χ4n) is 3.81. The van der Waals surface area contributed by atoms with Crippen LogP contribution in [0, 0.1) is 17.3 Å². The Morgan fingerprint density at radius 3 is 2.88 bits per heavy atom. The normalized spacial score (nSPS) is 25.3. The van der Waals surface area contributed by atoms with Gasteiger partial charge in [0.05, 0.1) is 12.2 Å². The first-order chi connectivity index (χ1) is 11.4. The molecule has 2 aliphatic rings. The summed E-state index contributed by atoms with van der Waals surface area (Å²) in [6.45, 7) is 6.24. The van der Waals surface area contributed by atoms with Crippen LogP contribution in [-0.2, 0) is 16.1 Å². The van der Waals surface area contributed by atoms with E-state index in [0.717, 1.165) is 31.6 Å². The van der Waals surface area contributed by atoms with Crippen molar-refractivity contribution in [1.82, 2.24) is 14.8 Å². The predicted octanol–water partition coefficient (Wildman–Crippen LogP) is 2.32. The van der Waals surface area contributed by atoms with Crippen molar-refractivity contribution in [2.75, 3.05) is 20.1 Å². The molecule has 0 unspecified atom stereocenters. The average Bonchev–Trinajstić information content (AvgIpc) is 3.06. The lowest BCUT2D eigenvalue weighted by molar-refractivity contribution is -0.134. The van der Waals surface area contributed by atoms with Gasteiger partial charge in [0.25, 0.3) is 0 Å². The lowest BCUT2D eigenvalue weighted by atomic mass is 10.0. The Labute approximate surface area is 144 Å². The van der Waals surface area contributed by atoms with Crippen molar-refractivity contribution in [2.45, 2.75) is 39.7 Å². The van der Waals surface area contributed by atoms with E-state index in [-0.39, 0.29) is 23.1 Å². The van der Waals surface area contributed by atoms with Crippen molar-refractivity contribution in [3.05, 3.63) is 30.1 Å². The van der Waals surface area contributed by atoms with E-state index in [4.69, 9.17) is 0 Å². The molecule has 0 radical (unpaired) electrons. The van der Waals surface area contributed by atoms with Crippen LogP contribution >= 0.6 is 0 Å². The van der Waals surface area contributed by atoms with Crippen LogP contribution in [0.25, 0.3) is 0 Å². The van der Waals surface area contributed by atoms with Gasteiger partial charge in [0.1, 0.15) is 0 Å². The van der Waals surface area contributed by atoms with E-state index < -0.39 is 0 Å². The van der Waals surface area contributed by atoms with Crippen molar-refractivity contribution in [2.24, 2.45) is 17.3 Å². The van der Waals surface area contributed by atoms with Gasteiger partial charge in [-0.1, -0.05) is 19.9 Å². The Balaban J connectivity index is 1.55. The molecular weight excluding hydrogens is 302 g/mol. The summed E-state index contributed by atoms with van der Waals surface area (Å²) >= 11 is 0. The fourth-order valence-corrected chi connectivity index (χ4v) is 3.81. The summed E-state index contributed by atoms with van der Waals surface area (Å²) in [5.74, 6) is 0.888. The second kappa shape index (κ2) is 6.54. The largest absolute Gasteiger partial charge is 0.342 e. The molecular formula is C19H27N3O2. The zero-order valence-electron chi connectivity index (χ0n) is 14.9. The predicted molar refractivity (Wildman–Crippen MR) is 91.9 cm³/mol. The first kappa shape index (κ1) is 16.9. The maximum Gasteiger partial charge on any atom is 0.226 e. The number of rotatable bonds is 5. The highest BCUT2D eigenvalue weighted by atomic mass is 16.2. The van der Waals surface area contributed by atoms with E-state index in [1.54, 1.807) is 11.1 Å². The molecule has 2 amide bonds. The van der Waals surface area contributed by atoms with E-state index in [9.17, 15) is 9.59 Å². The molecule has 1 aliphatic heterocycles. The van der Waals surface area contributed by atoms with Gasteiger partial charge in [-0.25, -0.2) is 0 Å². The maximum absolute atomic E-state index is 12.7. The molecule has 0 bridgehead atoms. The monoisotopic (exact) mass is 329 g/mol. The van der Waals surface area contributed by atoms with Crippen LogP contribution in [0.1, 0.15) is 38.8 Å². The Morgan fingerprint density at radius 2 is 2.21 bits per heavy atom. The van der Waals surface area contributed by atoms with E-state index >= 15 is 0 Å². The van der Waals surface area contributed by atoms with E-state index in [1.807, 2.05) is 30.1 Å². The lowest BCUT2D eigenvalue weighted by Gasteiger charge is -2.20. The third-order valence-electron chi connectivity index (χ3n) is 5.31. The van der Waals surface area contributed by atoms with Crippen LogP contribution < -0.4 is 0 Å². The van der Waals surface area contributed by atoms with Gasteiger partial charge in [0, 0.05) is 44.1 Å². The van der Waals surface area contributed by atoms with Crippen LogP contribution in [0.15, 0.2) is 24.4 Å². The molecule has 1 spiro atoms. The first-order valence-electron chi connectivity index (χ1n) is 8.84. The summed E-state index contributed by atoms with van der Waals surface area (Å²) in [6.07, 6.45) is 4.24. The van der Waals surface area contributed by atoms with Crippen molar-refractivity contribution < 1.29 is 9.59 Å². The number of nitrogens with zero attached hydrogens (tertiary/aromatic N) is 3. The molecule has 1 aliphatic carbocycles. The Morgan fingerprint density at radius 1 is 1.42 bits per heavy atom. The third-order valence-corrected chi connectivity index (χ3v) is 5.31. The smallest absolute Gasteiger partial charge is 0.226 e. The summed E-state index contributed by atoms with van der Waals surface area (Å²) in [6, 6.07) is 5.76. The zero-order valence-corrected chi connectivity index (χ0v) is 14.9. The average molecular weight is 329 g/mol. The van der Waals surface area contributed by atoms with Crippen LogP contribution in [-0.4, -0.2) is 46.7 Å². The minimum atomic E-state index is 0.0437. The summed E-state index contributed by atoms with van der Waals surface area (Å²) in [5.41, 5.74) is 0.949. The van der Waals surface area contributed by atoms with Gasteiger partial charge in [-0.05, 0) is 30.9 Å². The maximum atomic E-state index is 12.7. The number of amides is 2. The number of likely N-dealkylation sites (tertiary alicyclic amines) is 1. The minimum absolute atomic E-state index is 0.0437. The van der Waals surface area contributed by atoms with Crippen LogP contribution in [0.4, 0.5) is 0 Å². The topological polar surface area (TPSA) is 53.5 Å². The van der Waals surface area contributed by atoms with Crippen molar-refractivity contribution >= 4 is 11.8 Å². The Hall–Kier alpha value is -1.91. The summed E-state index contributed by atoms with van der Waals surface area (Å²) in [5, 5.41) is 0. The molecule has 2 heterocycles. The number of aromatic nitrogens is 1.